The minimum absolute atomic E-state index is 0.0125. The zero-order valence-electron chi connectivity index (χ0n) is 12.7. The first kappa shape index (κ1) is 15.4. The van der Waals surface area contributed by atoms with Crippen molar-refractivity contribution in [1.82, 2.24) is 10.3 Å². The van der Waals surface area contributed by atoms with Crippen molar-refractivity contribution >= 4 is 0 Å². The second kappa shape index (κ2) is 6.68. The van der Waals surface area contributed by atoms with Crippen molar-refractivity contribution in [3.8, 4) is 5.88 Å². The van der Waals surface area contributed by atoms with Gasteiger partial charge in [0.1, 0.15) is 12.4 Å². The van der Waals surface area contributed by atoms with Crippen molar-refractivity contribution in [3.63, 3.8) is 0 Å². The zero-order chi connectivity index (χ0) is 15.3. The van der Waals surface area contributed by atoms with Gasteiger partial charge in [-0.15, -0.1) is 0 Å². The molecule has 1 heterocycles. The molecule has 0 fully saturated rings. The number of ether oxygens (including phenoxy) is 1. The van der Waals surface area contributed by atoms with Gasteiger partial charge in [0.25, 0.3) is 0 Å². The van der Waals surface area contributed by atoms with Crippen molar-refractivity contribution < 1.29 is 9.13 Å². The molecular formula is C17H21FN2O. The number of pyridine rings is 1. The van der Waals surface area contributed by atoms with Crippen molar-refractivity contribution in [2.45, 2.75) is 39.5 Å². The summed E-state index contributed by atoms with van der Waals surface area (Å²) in [4.78, 5) is 4.24. The first-order valence-corrected chi connectivity index (χ1v) is 7.01. The standard InChI is InChI=1S/C17H21FN2O/c1-17(2,3)20-11-13-8-6-10-19-16(13)21-12-14-7-4-5-9-15(14)18/h4-10,20H,11-12H2,1-3H3. The third-order valence-electron chi connectivity index (χ3n) is 2.98. The summed E-state index contributed by atoms with van der Waals surface area (Å²) in [6, 6.07) is 10.4. The Labute approximate surface area is 125 Å². The highest BCUT2D eigenvalue weighted by Gasteiger charge is 2.12. The van der Waals surface area contributed by atoms with E-state index in [2.05, 4.69) is 31.1 Å². The number of nitrogens with zero attached hydrogens (tertiary/aromatic N) is 1. The van der Waals surface area contributed by atoms with Crippen LogP contribution in [0, 0.1) is 5.82 Å². The minimum Gasteiger partial charge on any atom is -0.472 e. The lowest BCUT2D eigenvalue weighted by Crippen LogP contribution is -2.35. The Morgan fingerprint density at radius 3 is 2.52 bits per heavy atom. The zero-order valence-corrected chi connectivity index (χ0v) is 12.7. The van der Waals surface area contributed by atoms with Gasteiger partial charge in [-0.1, -0.05) is 24.3 Å². The van der Waals surface area contributed by atoms with Crippen LogP contribution in [0.2, 0.25) is 0 Å². The molecule has 0 saturated heterocycles. The van der Waals surface area contributed by atoms with E-state index in [0.29, 0.717) is 18.0 Å². The van der Waals surface area contributed by atoms with Gasteiger partial charge in [-0.25, -0.2) is 9.37 Å². The molecule has 0 aliphatic heterocycles. The summed E-state index contributed by atoms with van der Waals surface area (Å²) in [6.07, 6.45) is 1.68. The predicted octanol–water partition coefficient (Wildman–Crippen LogP) is 3.69. The SMILES string of the molecule is CC(C)(C)NCc1cccnc1OCc1ccccc1F. The van der Waals surface area contributed by atoms with E-state index in [1.807, 2.05) is 12.1 Å². The van der Waals surface area contributed by atoms with Gasteiger partial charge >= 0.3 is 0 Å². The molecule has 0 unspecified atom stereocenters. The van der Waals surface area contributed by atoms with Gasteiger partial charge in [-0.3, -0.25) is 0 Å². The lowest BCUT2D eigenvalue weighted by atomic mass is 10.1. The van der Waals surface area contributed by atoms with Gasteiger partial charge in [0, 0.05) is 29.4 Å². The molecule has 1 aromatic carbocycles. The molecule has 21 heavy (non-hydrogen) atoms. The Kier molecular flexibility index (Phi) is 4.91. The van der Waals surface area contributed by atoms with Crippen LogP contribution in [0.1, 0.15) is 31.9 Å². The molecule has 0 spiro atoms. The molecule has 3 nitrogen and oxygen atoms in total. The monoisotopic (exact) mass is 288 g/mol. The Hall–Kier alpha value is -1.94. The number of hydrogen-bond donors (Lipinski definition) is 1. The molecular weight excluding hydrogens is 267 g/mol. The van der Waals surface area contributed by atoms with E-state index in [0.717, 1.165) is 5.56 Å². The average Bonchev–Trinajstić information content (AvgIpc) is 2.44. The first-order valence-electron chi connectivity index (χ1n) is 7.01. The predicted molar refractivity (Wildman–Crippen MR) is 81.6 cm³/mol. The number of aromatic nitrogens is 1. The van der Waals surface area contributed by atoms with E-state index in [4.69, 9.17) is 4.74 Å². The summed E-state index contributed by atoms with van der Waals surface area (Å²) in [5.74, 6) is 0.278. The highest BCUT2D eigenvalue weighted by molar-refractivity contribution is 5.26. The normalized spacial score (nSPS) is 11.4. The highest BCUT2D eigenvalue weighted by Crippen LogP contribution is 2.18. The van der Waals surface area contributed by atoms with E-state index >= 15 is 0 Å². The van der Waals surface area contributed by atoms with Crippen LogP contribution in [-0.4, -0.2) is 10.5 Å². The van der Waals surface area contributed by atoms with Crippen molar-refractivity contribution in [3.05, 3.63) is 59.5 Å². The van der Waals surface area contributed by atoms with Crippen LogP contribution < -0.4 is 10.1 Å². The molecule has 0 radical (unpaired) electrons. The Morgan fingerprint density at radius 1 is 1.10 bits per heavy atom. The average molecular weight is 288 g/mol. The minimum atomic E-state index is -0.261. The van der Waals surface area contributed by atoms with E-state index in [-0.39, 0.29) is 18.0 Å². The van der Waals surface area contributed by atoms with Gasteiger partial charge in [0.15, 0.2) is 0 Å². The van der Waals surface area contributed by atoms with E-state index in [1.165, 1.54) is 6.07 Å². The molecule has 0 amide bonds. The second-order valence-electron chi connectivity index (χ2n) is 5.95. The van der Waals surface area contributed by atoms with Crippen LogP contribution in [0.15, 0.2) is 42.6 Å². The van der Waals surface area contributed by atoms with Gasteiger partial charge in [0.2, 0.25) is 5.88 Å². The van der Waals surface area contributed by atoms with Gasteiger partial charge in [-0.2, -0.15) is 0 Å². The molecule has 1 aromatic heterocycles. The van der Waals surface area contributed by atoms with Crippen LogP contribution in [0.25, 0.3) is 0 Å². The lowest BCUT2D eigenvalue weighted by molar-refractivity contribution is 0.282. The smallest absolute Gasteiger partial charge is 0.218 e. The van der Waals surface area contributed by atoms with Crippen LogP contribution in [0.4, 0.5) is 4.39 Å². The van der Waals surface area contributed by atoms with Crippen molar-refractivity contribution in [2.75, 3.05) is 0 Å². The molecule has 2 rings (SSSR count). The molecule has 0 saturated carbocycles. The van der Waals surface area contributed by atoms with Gasteiger partial charge in [-0.05, 0) is 32.9 Å². The Balaban J connectivity index is 2.05. The second-order valence-corrected chi connectivity index (χ2v) is 5.95. The summed E-state index contributed by atoms with van der Waals surface area (Å²) in [7, 11) is 0. The highest BCUT2D eigenvalue weighted by atomic mass is 19.1. The van der Waals surface area contributed by atoms with Crippen LogP contribution in [0.5, 0.6) is 5.88 Å². The van der Waals surface area contributed by atoms with Crippen LogP contribution >= 0.6 is 0 Å². The van der Waals surface area contributed by atoms with E-state index in [1.54, 1.807) is 24.4 Å². The van der Waals surface area contributed by atoms with Crippen molar-refractivity contribution in [2.24, 2.45) is 0 Å². The molecule has 1 N–H and O–H groups in total. The maximum Gasteiger partial charge on any atom is 0.218 e. The Morgan fingerprint density at radius 2 is 1.81 bits per heavy atom. The summed E-state index contributed by atoms with van der Waals surface area (Å²) in [5.41, 5.74) is 1.50. The first-order chi connectivity index (χ1) is 9.96. The largest absolute Gasteiger partial charge is 0.472 e. The Bertz CT molecular complexity index is 593. The molecule has 0 aliphatic carbocycles. The molecule has 0 aliphatic rings. The maximum atomic E-state index is 13.6. The summed E-state index contributed by atoms with van der Waals surface area (Å²) in [6.45, 7) is 7.13. The molecule has 0 atom stereocenters. The van der Waals surface area contributed by atoms with Crippen molar-refractivity contribution in [1.29, 1.82) is 0 Å². The van der Waals surface area contributed by atoms with Crippen LogP contribution in [-0.2, 0) is 13.2 Å². The topological polar surface area (TPSA) is 34.2 Å². The summed E-state index contributed by atoms with van der Waals surface area (Å²) >= 11 is 0. The molecule has 2 aromatic rings. The number of halogens is 1. The van der Waals surface area contributed by atoms with Gasteiger partial charge in [0.05, 0.1) is 0 Å². The molecule has 0 bridgehead atoms. The van der Waals surface area contributed by atoms with E-state index < -0.39 is 0 Å². The quantitative estimate of drug-likeness (QED) is 0.911. The third-order valence-corrected chi connectivity index (χ3v) is 2.98. The fraction of sp³-hybridized carbons (Fsp3) is 0.353. The third kappa shape index (κ3) is 4.83. The summed E-state index contributed by atoms with van der Waals surface area (Å²) < 4.78 is 19.3. The number of rotatable bonds is 5. The maximum absolute atomic E-state index is 13.6. The number of nitrogens with one attached hydrogen (secondary N) is 1. The van der Waals surface area contributed by atoms with Gasteiger partial charge < -0.3 is 10.1 Å². The van der Waals surface area contributed by atoms with Crippen LogP contribution in [0.3, 0.4) is 0 Å². The summed E-state index contributed by atoms with van der Waals surface area (Å²) in [5, 5.41) is 3.39. The lowest BCUT2D eigenvalue weighted by Gasteiger charge is -2.21. The molecule has 4 heteroatoms. The van der Waals surface area contributed by atoms with E-state index in [9.17, 15) is 4.39 Å². The fourth-order valence-corrected chi connectivity index (χ4v) is 1.81. The number of hydrogen-bond acceptors (Lipinski definition) is 3. The number of benzene rings is 1. The fourth-order valence-electron chi connectivity index (χ4n) is 1.81. The molecule has 112 valence electrons.